The highest BCUT2D eigenvalue weighted by Crippen LogP contribution is 2.34. The fraction of sp³-hybridized carbons (Fsp3) is 0.300. The van der Waals surface area contributed by atoms with Gasteiger partial charge in [0.25, 0.3) is 0 Å². The van der Waals surface area contributed by atoms with E-state index in [1.165, 1.54) is 0 Å². The van der Waals surface area contributed by atoms with Crippen LogP contribution >= 0.6 is 0 Å². The average molecular weight is 351 g/mol. The normalized spacial score (nSPS) is 18.7. The number of amides is 2. The van der Waals surface area contributed by atoms with Crippen molar-refractivity contribution in [3.05, 3.63) is 59.7 Å². The molecule has 0 saturated carbocycles. The van der Waals surface area contributed by atoms with Crippen LogP contribution in [0.15, 0.2) is 48.5 Å². The van der Waals surface area contributed by atoms with Crippen LogP contribution in [0, 0.1) is 6.92 Å². The summed E-state index contributed by atoms with van der Waals surface area (Å²) in [5.41, 5.74) is 3.90. The van der Waals surface area contributed by atoms with Crippen molar-refractivity contribution in [2.45, 2.75) is 19.6 Å². The third-order valence-electron chi connectivity index (χ3n) is 4.87. The maximum absolute atomic E-state index is 12.5. The van der Waals surface area contributed by atoms with Crippen LogP contribution in [-0.2, 0) is 16.1 Å². The first-order chi connectivity index (χ1) is 12.6. The van der Waals surface area contributed by atoms with Crippen LogP contribution in [0.2, 0.25) is 0 Å². The van der Waals surface area contributed by atoms with Crippen molar-refractivity contribution in [3.63, 3.8) is 0 Å². The Morgan fingerprint density at radius 2 is 2.00 bits per heavy atom. The summed E-state index contributed by atoms with van der Waals surface area (Å²) in [6.07, 6.45) is -0.379. The minimum Gasteiger partial charge on any atom is -0.445 e. The molecule has 0 spiro atoms. The second-order valence-corrected chi connectivity index (χ2v) is 6.71. The largest absolute Gasteiger partial charge is 0.445 e. The van der Waals surface area contributed by atoms with Crippen LogP contribution in [0.25, 0.3) is 0 Å². The molecule has 26 heavy (non-hydrogen) atoms. The molecule has 6 heteroatoms. The Hall–Kier alpha value is -3.02. The van der Waals surface area contributed by atoms with Crippen LogP contribution < -0.4 is 10.2 Å². The lowest BCUT2D eigenvalue weighted by atomic mass is 10.0. The minimum atomic E-state index is -0.386. The predicted molar refractivity (Wildman–Crippen MR) is 99.1 cm³/mol. The van der Waals surface area contributed by atoms with Crippen LogP contribution in [0.5, 0.6) is 0 Å². The Morgan fingerprint density at radius 1 is 1.19 bits per heavy atom. The minimum absolute atomic E-state index is 0.0799. The molecule has 0 radical (unpaired) electrons. The summed E-state index contributed by atoms with van der Waals surface area (Å²) in [5, 5.41) is 2.96. The summed E-state index contributed by atoms with van der Waals surface area (Å²) in [5.74, 6) is -0.0799. The predicted octanol–water partition coefficient (Wildman–Crippen LogP) is 2.77. The molecule has 2 aliphatic heterocycles. The molecule has 0 bridgehead atoms. The van der Waals surface area contributed by atoms with E-state index in [4.69, 9.17) is 4.74 Å². The van der Waals surface area contributed by atoms with Crippen molar-refractivity contribution in [3.8, 4) is 0 Å². The van der Waals surface area contributed by atoms with Gasteiger partial charge in [0.15, 0.2) is 0 Å². The number of ether oxygens (including phenoxy) is 1. The summed E-state index contributed by atoms with van der Waals surface area (Å²) in [6, 6.07) is 15.2. The molecule has 1 atom stereocenters. The highest BCUT2D eigenvalue weighted by Gasteiger charge is 2.39. The Bertz CT molecular complexity index is 837. The van der Waals surface area contributed by atoms with E-state index in [0.717, 1.165) is 22.5 Å². The summed E-state index contributed by atoms with van der Waals surface area (Å²) in [4.78, 5) is 28.6. The van der Waals surface area contributed by atoms with Gasteiger partial charge in [-0.25, -0.2) is 4.79 Å². The molecule has 4 rings (SSSR count). The Morgan fingerprint density at radius 3 is 2.81 bits per heavy atom. The van der Waals surface area contributed by atoms with Gasteiger partial charge in [0, 0.05) is 13.1 Å². The van der Waals surface area contributed by atoms with Crippen LogP contribution in [-0.4, -0.2) is 42.6 Å². The van der Waals surface area contributed by atoms with E-state index >= 15 is 0 Å². The van der Waals surface area contributed by atoms with Gasteiger partial charge in [-0.15, -0.1) is 0 Å². The second-order valence-electron chi connectivity index (χ2n) is 6.71. The standard InChI is InChI=1S/C20H21N3O3/c1-14-7-8-17-16(11-14)21-19(24)18-12-22(9-10-23(17)18)20(25)26-13-15-5-3-2-4-6-15/h2-8,11,18H,9-10,12-13H2,1H3,(H,21,24). The lowest BCUT2D eigenvalue weighted by molar-refractivity contribution is -0.118. The molecule has 2 aliphatic rings. The second kappa shape index (κ2) is 6.71. The molecule has 2 aromatic rings. The molecule has 2 heterocycles. The van der Waals surface area contributed by atoms with Gasteiger partial charge in [-0.3, -0.25) is 4.79 Å². The van der Waals surface area contributed by atoms with E-state index in [9.17, 15) is 9.59 Å². The molecule has 2 amide bonds. The first-order valence-corrected chi connectivity index (χ1v) is 8.75. The maximum atomic E-state index is 12.5. The monoisotopic (exact) mass is 351 g/mol. The van der Waals surface area contributed by atoms with E-state index in [1.54, 1.807) is 4.90 Å². The van der Waals surface area contributed by atoms with Crippen LogP contribution in [0.1, 0.15) is 11.1 Å². The highest BCUT2D eigenvalue weighted by atomic mass is 16.6. The van der Waals surface area contributed by atoms with Gasteiger partial charge in [0.2, 0.25) is 5.91 Å². The van der Waals surface area contributed by atoms with E-state index in [0.29, 0.717) is 19.6 Å². The number of carbonyl (C=O) groups is 2. The first-order valence-electron chi connectivity index (χ1n) is 8.75. The molecule has 1 unspecified atom stereocenters. The van der Waals surface area contributed by atoms with Gasteiger partial charge in [0.05, 0.1) is 17.9 Å². The highest BCUT2D eigenvalue weighted by molar-refractivity contribution is 6.04. The number of fused-ring (bicyclic) bond motifs is 3. The van der Waals surface area contributed by atoms with Crippen molar-refractivity contribution in [2.75, 3.05) is 29.9 Å². The zero-order valence-corrected chi connectivity index (χ0v) is 14.6. The molecule has 1 fully saturated rings. The average Bonchev–Trinajstić information content (AvgIpc) is 2.66. The Labute approximate surface area is 152 Å². The maximum Gasteiger partial charge on any atom is 0.410 e. The quantitative estimate of drug-likeness (QED) is 0.904. The molecule has 2 aromatic carbocycles. The van der Waals surface area contributed by atoms with Gasteiger partial charge in [-0.2, -0.15) is 0 Å². The number of benzene rings is 2. The van der Waals surface area contributed by atoms with Gasteiger partial charge in [-0.05, 0) is 30.2 Å². The summed E-state index contributed by atoms with van der Waals surface area (Å²) in [7, 11) is 0. The topological polar surface area (TPSA) is 61.9 Å². The van der Waals surface area contributed by atoms with Crippen molar-refractivity contribution >= 4 is 23.4 Å². The van der Waals surface area contributed by atoms with Crippen LogP contribution in [0.4, 0.5) is 16.2 Å². The SMILES string of the molecule is Cc1ccc2c(c1)NC(=O)C1CN(C(=O)OCc3ccccc3)CCN21. The van der Waals surface area contributed by atoms with Crippen LogP contribution in [0.3, 0.4) is 0 Å². The smallest absolute Gasteiger partial charge is 0.410 e. The fourth-order valence-corrected chi connectivity index (χ4v) is 3.49. The summed E-state index contributed by atoms with van der Waals surface area (Å²) >= 11 is 0. The Kier molecular flexibility index (Phi) is 4.24. The number of rotatable bonds is 2. The lowest BCUT2D eigenvalue weighted by Gasteiger charge is -2.44. The van der Waals surface area contributed by atoms with E-state index in [1.807, 2.05) is 55.5 Å². The van der Waals surface area contributed by atoms with Gasteiger partial charge >= 0.3 is 6.09 Å². The van der Waals surface area contributed by atoms with E-state index in [2.05, 4.69) is 10.2 Å². The Balaban J connectivity index is 1.43. The molecule has 134 valence electrons. The first kappa shape index (κ1) is 16.4. The number of nitrogens with one attached hydrogen (secondary N) is 1. The number of nitrogens with zero attached hydrogens (tertiary/aromatic N) is 2. The zero-order chi connectivity index (χ0) is 18.1. The van der Waals surface area contributed by atoms with Gasteiger partial charge in [-0.1, -0.05) is 36.4 Å². The third-order valence-corrected chi connectivity index (χ3v) is 4.87. The van der Waals surface area contributed by atoms with E-state index < -0.39 is 0 Å². The lowest BCUT2D eigenvalue weighted by Crippen LogP contribution is -2.61. The van der Waals surface area contributed by atoms with Crippen molar-refractivity contribution in [1.29, 1.82) is 0 Å². The summed E-state index contributed by atoms with van der Waals surface area (Å²) in [6.45, 7) is 3.70. The van der Waals surface area contributed by atoms with E-state index in [-0.39, 0.29) is 24.6 Å². The van der Waals surface area contributed by atoms with Crippen molar-refractivity contribution < 1.29 is 14.3 Å². The molecular weight excluding hydrogens is 330 g/mol. The molecule has 0 aromatic heterocycles. The molecule has 6 nitrogen and oxygen atoms in total. The third kappa shape index (κ3) is 3.10. The summed E-state index contributed by atoms with van der Waals surface area (Å²) < 4.78 is 5.40. The molecule has 0 aliphatic carbocycles. The number of aryl methyl sites for hydroxylation is 1. The number of anilines is 2. The molecule has 1 N–H and O–H groups in total. The van der Waals surface area contributed by atoms with Gasteiger partial charge < -0.3 is 19.9 Å². The molecule has 1 saturated heterocycles. The number of hydrogen-bond donors (Lipinski definition) is 1. The van der Waals surface area contributed by atoms with Gasteiger partial charge in [0.1, 0.15) is 12.6 Å². The van der Waals surface area contributed by atoms with Crippen molar-refractivity contribution in [1.82, 2.24) is 4.90 Å². The fourth-order valence-electron chi connectivity index (χ4n) is 3.49. The zero-order valence-electron chi connectivity index (χ0n) is 14.6. The van der Waals surface area contributed by atoms with Crippen molar-refractivity contribution in [2.24, 2.45) is 0 Å². The number of hydrogen-bond acceptors (Lipinski definition) is 4. The number of carbonyl (C=O) groups excluding carboxylic acids is 2. The molecular formula is C20H21N3O3. The number of piperazine rings is 1.